The fraction of sp³-hybridized carbons (Fsp3) is 0.357. The van der Waals surface area contributed by atoms with Gasteiger partial charge in [-0.3, -0.25) is 15.2 Å². The van der Waals surface area contributed by atoms with Crippen molar-refractivity contribution in [3.8, 4) is 0 Å². The molecule has 0 aliphatic carbocycles. The van der Waals surface area contributed by atoms with E-state index in [1.54, 1.807) is 12.1 Å². The first kappa shape index (κ1) is 15.6. The molecule has 0 aliphatic rings. The second kappa shape index (κ2) is 7.30. The van der Waals surface area contributed by atoms with E-state index in [1.807, 2.05) is 6.92 Å². The summed E-state index contributed by atoms with van der Waals surface area (Å²) >= 11 is 0. The van der Waals surface area contributed by atoms with Gasteiger partial charge in [-0.05, 0) is 25.5 Å². The number of H-pyrrole nitrogens is 1. The summed E-state index contributed by atoms with van der Waals surface area (Å²) in [6.07, 6.45) is 3.74. The summed E-state index contributed by atoms with van der Waals surface area (Å²) in [7, 11) is 0. The molecule has 0 radical (unpaired) electrons. The average molecular weight is 303 g/mol. The Hall–Kier alpha value is -2.77. The SMILES string of the molecule is CCCc1cc(C(=O)OC(C)C(=O)Nc2ncccn2)n[nH]1. The van der Waals surface area contributed by atoms with E-state index in [2.05, 4.69) is 25.5 Å². The van der Waals surface area contributed by atoms with Gasteiger partial charge in [-0.15, -0.1) is 0 Å². The van der Waals surface area contributed by atoms with Crippen LogP contribution in [0.1, 0.15) is 36.5 Å². The molecule has 2 aromatic heterocycles. The smallest absolute Gasteiger partial charge is 0.359 e. The predicted octanol–water partition coefficient (Wildman–Crippen LogP) is 1.34. The summed E-state index contributed by atoms with van der Waals surface area (Å²) < 4.78 is 5.07. The molecule has 0 spiro atoms. The van der Waals surface area contributed by atoms with Crippen molar-refractivity contribution in [1.82, 2.24) is 20.2 Å². The third-order valence-corrected chi connectivity index (χ3v) is 2.81. The number of rotatable bonds is 6. The Labute approximate surface area is 127 Å². The van der Waals surface area contributed by atoms with E-state index in [9.17, 15) is 9.59 Å². The lowest BCUT2D eigenvalue weighted by Gasteiger charge is -2.11. The first-order valence-corrected chi connectivity index (χ1v) is 6.93. The first-order chi connectivity index (χ1) is 10.6. The number of amides is 1. The molecule has 1 atom stereocenters. The van der Waals surface area contributed by atoms with Crippen molar-refractivity contribution in [2.24, 2.45) is 0 Å². The summed E-state index contributed by atoms with van der Waals surface area (Å²) in [5.41, 5.74) is 1.00. The Balaban J connectivity index is 1.91. The van der Waals surface area contributed by atoms with Gasteiger partial charge in [0.2, 0.25) is 5.95 Å². The second-order valence-corrected chi connectivity index (χ2v) is 4.64. The lowest BCUT2D eigenvalue weighted by Crippen LogP contribution is -2.30. The van der Waals surface area contributed by atoms with Gasteiger partial charge in [-0.1, -0.05) is 13.3 Å². The molecule has 0 aliphatic heterocycles. The number of anilines is 1. The van der Waals surface area contributed by atoms with Crippen molar-refractivity contribution in [3.05, 3.63) is 35.9 Å². The van der Waals surface area contributed by atoms with Crippen LogP contribution in [0, 0.1) is 0 Å². The van der Waals surface area contributed by atoms with E-state index in [4.69, 9.17) is 4.74 Å². The maximum atomic E-state index is 11.9. The molecular formula is C14H17N5O3. The number of ether oxygens (including phenoxy) is 1. The number of carbonyl (C=O) groups excluding carboxylic acids is 2. The third kappa shape index (κ3) is 4.11. The number of nitrogens with zero attached hydrogens (tertiary/aromatic N) is 3. The van der Waals surface area contributed by atoms with E-state index in [-0.39, 0.29) is 11.6 Å². The number of nitrogens with one attached hydrogen (secondary N) is 2. The minimum absolute atomic E-state index is 0.152. The average Bonchev–Trinajstić information content (AvgIpc) is 2.97. The van der Waals surface area contributed by atoms with Gasteiger partial charge in [0.1, 0.15) is 0 Å². The van der Waals surface area contributed by atoms with E-state index in [0.717, 1.165) is 18.5 Å². The largest absolute Gasteiger partial charge is 0.448 e. The highest BCUT2D eigenvalue weighted by Gasteiger charge is 2.21. The van der Waals surface area contributed by atoms with Crippen molar-refractivity contribution in [2.75, 3.05) is 5.32 Å². The highest BCUT2D eigenvalue weighted by atomic mass is 16.5. The van der Waals surface area contributed by atoms with Gasteiger partial charge in [0.15, 0.2) is 11.8 Å². The molecule has 0 saturated carbocycles. The van der Waals surface area contributed by atoms with E-state index >= 15 is 0 Å². The maximum absolute atomic E-state index is 11.9. The highest BCUT2D eigenvalue weighted by Crippen LogP contribution is 2.07. The maximum Gasteiger partial charge on any atom is 0.359 e. The van der Waals surface area contributed by atoms with Gasteiger partial charge in [0.25, 0.3) is 5.91 Å². The molecule has 0 fully saturated rings. The van der Waals surface area contributed by atoms with Crippen molar-refractivity contribution in [2.45, 2.75) is 32.8 Å². The summed E-state index contributed by atoms with van der Waals surface area (Å²) in [6, 6.07) is 3.25. The van der Waals surface area contributed by atoms with Crippen LogP contribution in [0.3, 0.4) is 0 Å². The number of aromatic nitrogens is 4. The third-order valence-electron chi connectivity index (χ3n) is 2.81. The van der Waals surface area contributed by atoms with Crippen LogP contribution < -0.4 is 5.32 Å². The summed E-state index contributed by atoms with van der Waals surface area (Å²) in [5, 5.41) is 9.09. The van der Waals surface area contributed by atoms with E-state index in [0.29, 0.717) is 0 Å². The quantitative estimate of drug-likeness (QED) is 0.779. The zero-order valence-corrected chi connectivity index (χ0v) is 12.4. The lowest BCUT2D eigenvalue weighted by molar-refractivity contribution is -0.123. The van der Waals surface area contributed by atoms with Crippen LogP contribution in [0.2, 0.25) is 0 Å². The highest BCUT2D eigenvalue weighted by molar-refractivity contribution is 5.95. The Morgan fingerprint density at radius 3 is 2.77 bits per heavy atom. The van der Waals surface area contributed by atoms with Crippen molar-refractivity contribution in [3.63, 3.8) is 0 Å². The van der Waals surface area contributed by atoms with E-state index in [1.165, 1.54) is 19.3 Å². The van der Waals surface area contributed by atoms with Crippen molar-refractivity contribution in [1.29, 1.82) is 0 Å². The minimum atomic E-state index is -0.984. The molecule has 1 amide bonds. The Morgan fingerprint density at radius 1 is 1.36 bits per heavy atom. The summed E-state index contributed by atoms with van der Waals surface area (Å²) in [5.74, 6) is -1.01. The van der Waals surface area contributed by atoms with Crippen LogP contribution in [0.4, 0.5) is 5.95 Å². The van der Waals surface area contributed by atoms with Crippen LogP contribution >= 0.6 is 0 Å². The van der Waals surface area contributed by atoms with Crippen LogP contribution in [0.25, 0.3) is 0 Å². The molecule has 0 aromatic carbocycles. The zero-order chi connectivity index (χ0) is 15.9. The first-order valence-electron chi connectivity index (χ1n) is 6.93. The monoisotopic (exact) mass is 303 g/mol. The normalized spacial score (nSPS) is 11.7. The fourth-order valence-corrected chi connectivity index (χ4v) is 1.71. The number of hydrogen-bond acceptors (Lipinski definition) is 6. The molecule has 8 nitrogen and oxygen atoms in total. The molecule has 0 saturated heterocycles. The summed E-state index contributed by atoms with van der Waals surface area (Å²) in [6.45, 7) is 3.49. The Bertz CT molecular complexity index is 641. The number of hydrogen-bond donors (Lipinski definition) is 2. The Morgan fingerprint density at radius 2 is 2.09 bits per heavy atom. The second-order valence-electron chi connectivity index (χ2n) is 4.64. The summed E-state index contributed by atoms with van der Waals surface area (Å²) in [4.78, 5) is 31.5. The van der Waals surface area contributed by atoms with Crippen molar-refractivity contribution >= 4 is 17.8 Å². The van der Waals surface area contributed by atoms with Gasteiger partial charge < -0.3 is 4.74 Å². The van der Waals surface area contributed by atoms with Crippen LogP contribution in [0.5, 0.6) is 0 Å². The van der Waals surface area contributed by atoms with Gasteiger partial charge >= 0.3 is 5.97 Å². The van der Waals surface area contributed by atoms with Crippen LogP contribution in [-0.4, -0.2) is 38.1 Å². The Kier molecular flexibility index (Phi) is 5.18. The molecule has 2 aromatic rings. The van der Waals surface area contributed by atoms with E-state index < -0.39 is 18.0 Å². The molecule has 2 N–H and O–H groups in total. The number of aromatic amines is 1. The molecule has 116 valence electrons. The molecule has 0 bridgehead atoms. The van der Waals surface area contributed by atoms with Crippen LogP contribution in [0.15, 0.2) is 24.5 Å². The predicted molar refractivity (Wildman–Crippen MR) is 78.1 cm³/mol. The standard InChI is InChI=1S/C14H17N5O3/c1-3-5-10-8-11(19-18-10)13(21)22-9(2)12(20)17-14-15-6-4-7-16-14/h4,6-9H,3,5H2,1-2H3,(H,18,19)(H,15,16,17,20). The number of carbonyl (C=O) groups is 2. The minimum Gasteiger partial charge on any atom is -0.448 e. The zero-order valence-electron chi connectivity index (χ0n) is 12.4. The molecular weight excluding hydrogens is 286 g/mol. The molecule has 8 heteroatoms. The number of aryl methyl sites for hydroxylation is 1. The molecule has 2 rings (SSSR count). The fourth-order valence-electron chi connectivity index (χ4n) is 1.71. The van der Waals surface area contributed by atoms with Crippen molar-refractivity contribution < 1.29 is 14.3 Å². The lowest BCUT2D eigenvalue weighted by atomic mass is 10.2. The van der Waals surface area contributed by atoms with Crippen LogP contribution in [-0.2, 0) is 16.0 Å². The molecule has 2 heterocycles. The van der Waals surface area contributed by atoms with Gasteiger partial charge in [0.05, 0.1) is 0 Å². The van der Waals surface area contributed by atoms with Gasteiger partial charge in [0, 0.05) is 18.1 Å². The number of esters is 1. The molecule has 1 unspecified atom stereocenters. The molecule has 22 heavy (non-hydrogen) atoms. The van der Waals surface area contributed by atoms with Gasteiger partial charge in [-0.25, -0.2) is 14.8 Å². The topological polar surface area (TPSA) is 110 Å². The van der Waals surface area contributed by atoms with Gasteiger partial charge in [-0.2, -0.15) is 5.10 Å².